The van der Waals surface area contributed by atoms with Gasteiger partial charge in [-0.1, -0.05) is 54.1 Å². The third-order valence-corrected chi connectivity index (χ3v) is 7.61. The van der Waals surface area contributed by atoms with Crippen molar-refractivity contribution in [2.75, 3.05) is 0 Å². The highest BCUT2D eigenvalue weighted by molar-refractivity contribution is 7.85. The molecular formula is C34H33F4O5S-. The maximum atomic E-state index is 16.2. The zero-order chi connectivity index (χ0) is 32.8. The van der Waals surface area contributed by atoms with Crippen LogP contribution >= 0.6 is 0 Å². The van der Waals surface area contributed by atoms with Crippen molar-refractivity contribution >= 4 is 10.1 Å². The van der Waals surface area contributed by atoms with Gasteiger partial charge in [-0.05, 0) is 89.4 Å². The maximum Gasteiger partial charge on any atom is 0.179 e. The zero-order valence-corrected chi connectivity index (χ0v) is 26.2. The lowest BCUT2D eigenvalue weighted by atomic mass is 9.64. The molecule has 234 valence electrons. The molecule has 4 aromatic carbocycles. The molecule has 0 spiro atoms. The van der Waals surface area contributed by atoms with Crippen molar-refractivity contribution in [3.05, 3.63) is 124 Å². The van der Waals surface area contributed by atoms with Crippen molar-refractivity contribution in [1.29, 1.82) is 0 Å². The normalized spacial score (nSPS) is 12.7. The summed E-state index contributed by atoms with van der Waals surface area (Å²) in [4.78, 5) is -2.23. The van der Waals surface area contributed by atoms with Gasteiger partial charge in [0.25, 0.3) is 0 Å². The molecule has 0 fully saturated rings. The van der Waals surface area contributed by atoms with Crippen LogP contribution in [-0.2, 0) is 15.5 Å². The predicted molar refractivity (Wildman–Crippen MR) is 158 cm³/mol. The average Bonchev–Trinajstić information content (AvgIpc) is 2.89. The van der Waals surface area contributed by atoms with Gasteiger partial charge in [-0.15, -0.1) is 0 Å². The fraction of sp³-hybridized carbons (Fsp3) is 0.294. The average molecular weight is 630 g/mol. The van der Waals surface area contributed by atoms with Crippen molar-refractivity contribution in [3.63, 3.8) is 0 Å². The summed E-state index contributed by atoms with van der Waals surface area (Å²) < 4.78 is 110. The first-order chi connectivity index (χ1) is 20.3. The molecule has 0 aliphatic rings. The van der Waals surface area contributed by atoms with Gasteiger partial charge in [0.05, 0.1) is 5.41 Å². The molecule has 0 aliphatic carbocycles. The van der Waals surface area contributed by atoms with Crippen LogP contribution in [0, 0.1) is 30.2 Å². The van der Waals surface area contributed by atoms with Gasteiger partial charge in [0.2, 0.25) is 0 Å². The van der Waals surface area contributed by atoms with Gasteiger partial charge in [0.15, 0.2) is 23.3 Å². The minimum atomic E-state index is -5.93. The first-order valence-electron chi connectivity index (χ1n) is 13.7. The third kappa shape index (κ3) is 6.46. The van der Waals surface area contributed by atoms with E-state index in [0.29, 0.717) is 11.5 Å². The SMILES string of the molecule is Cc1ccc(C(c2ccc(OC(C)(C)C)cc2)(c2ccc(OC(C)(C)C)cc2)c2c(F)c(F)c(S(=O)(=O)[O-])c(F)c2F)cc1. The molecule has 0 amide bonds. The molecule has 44 heavy (non-hydrogen) atoms. The Morgan fingerprint density at radius 1 is 0.568 bits per heavy atom. The number of ether oxygens (including phenoxy) is 2. The van der Waals surface area contributed by atoms with Crippen LogP contribution in [0.1, 0.15) is 69.4 Å². The second-order valence-corrected chi connectivity index (χ2v) is 13.8. The molecule has 0 radical (unpaired) electrons. The maximum absolute atomic E-state index is 16.2. The molecule has 0 atom stereocenters. The molecule has 0 unspecified atom stereocenters. The highest BCUT2D eigenvalue weighted by Crippen LogP contribution is 2.49. The van der Waals surface area contributed by atoms with Crippen LogP contribution in [0.4, 0.5) is 17.6 Å². The van der Waals surface area contributed by atoms with Crippen LogP contribution < -0.4 is 9.47 Å². The van der Waals surface area contributed by atoms with E-state index in [9.17, 15) is 13.0 Å². The van der Waals surface area contributed by atoms with Gasteiger partial charge in [-0.3, -0.25) is 0 Å². The van der Waals surface area contributed by atoms with E-state index in [1.54, 1.807) is 55.5 Å². The van der Waals surface area contributed by atoms with E-state index in [1.807, 2.05) is 41.5 Å². The molecule has 4 rings (SSSR count). The fourth-order valence-electron chi connectivity index (χ4n) is 5.15. The molecule has 0 aromatic heterocycles. The Hall–Kier alpha value is -3.89. The standard InChI is InChI=1S/C34H34F4O5S/c1-20-8-10-21(11-9-20)34(22-12-16-24(17-13-22)42-32(2,3)4,23-14-18-25(19-15-23)43-33(5,6)7)26-27(35)29(37)31(44(39,40)41)30(38)28(26)36/h8-19H,1-7H3,(H,39,40,41)/p-1. The molecule has 10 heteroatoms. The number of rotatable bonds is 7. The molecular weight excluding hydrogens is 596 g/mol. The highest BCUT2D eigenvalue weighted by Gasteiger charge is 2.46. The summed E-state index contributed by atoms with van der Waals surface area (Å²) in [5.74, 6) is -7.84. The number of hydrogen-bond acceptors (Lipinski definition) is 5. The summed E-state index contributed by atoms with van der Waals surface area (Å²) in [5, 5.41) is 0. The van der Waals surface area contributed by atoms with Crippen LogP contribution in [0.25, 0.3) is 0 Å². The lowest BCUT2D eigenvalue weighted by molar-refractivity contribution is 0.130. The quantitative estimate of drug-likeness (QED) is 0.0892. The number of benzene rings is 4. The molecule has 4 aromatic rings. The Labute approximate surface area is 255 Å². The van der Waals surface area contributed by atoms with Crippen LogP contribution in [-0.4, -0.2) is 24.2 Å². The first-order valence-corrected chi connectivity index (χ1v) is 15.1. The predicted octanol–water partition coefficient (Wildman–Crippen LogP) is 8.19. The smallest absolute Gasteiger partial charge is 0.179 e. The molecule has 0 heterocycles. The first kappa shape index (κ1) is 33.0. The van der Waals surface area contributed by atoms with E-state index in [-0.39, 0.29) is 16.7 Å². The summed E-state index contributed by atoms with van der Waals surface area (Å²) in [7, 11) is -5.93. The summed E-state index contributed by atoms with van der Waals surface area (Å²) in [6, 6.07) is 18.7. The topological polar surface area (TPSA) is 75.7 Å². The Kier molecular flexibility index (Phi) is 8.67. The minimum absolute atomic E-state index is 0.168. The van der Waals surface area contributed by atoms with Crippen molar-refractivity contribution < 1.29 is 40.0 Å². The van der Waals surface area contributed by atoms with E-state index < -0.39 is 60.5 Å². The Morgan fingerprint density at radius 3 is 1.18 bits per heavy atom. The number of hydrogen-bond donors (Lipinski definition) is 0. The molecule has 0 bridgehead atoms. The van der Waals surface area contributed by atoms with E-state index in [4.69, 9.17) is 9.47 Å². The van der Waals surface area contributed by atoms with Crippen molar-refractivity contribution in [3.8, 4) is 11.5 Å². The minimum Gasteiger partial charge on any atom is -0.744 e. The van der Waals surface area contributed by atoms with Crippen molar-refractivity contribution in [2.24, 2.45) is 0 Å². The largest absolute Gasteiger partial charge is 0.744 e. The van der Waals surface area contributed by atoms with Gasteiger partial charge < -0.3 is 14.0 Å². The van der Waals surface area contributed by atoms with Gasteiger partial charge in [0, 0.05) is 5.56 Å². The lowest BCUT2D eigenvalue weighted by Gasteiger charge is -2.38. The van der Waals surface area contributed by atoms with E-state index in [2.05, 4.69) is 0 Å². The summed E-state index contributed by atoms with van der Waals surface area (Å²) in [5.41, 5.74) is -3.08. The van der Waals surface area contributed by atoms with Crippen LogP contribution in [0.5, 0.6) is 11.5 Å². The van der Waals surface area contributed by atoms with Crippen LogP contribution in [0.2, 0.25) is 0 Å². The lowest BCUT2D eigenvalue weighted by Crippen LogP contribution is -2.35. The van der Waals surface area contributed by atoms with E-state index in [1.165, 1.54) is 24.3 Å². The number of aryl methyl sites for hydroxylation is 1. The van der Waals surface area contributed by atoms with Gasteiger partial charge in [-0.2, -0.15) is 0 Å². The van der Waals surface area contributed by atoms with E-state index in [0.717, 1.165) is 5.56 Å². The summed E-state index contributed by atoms with van der Waals surface area (Å²) in [6.45, 7) is 12.8. The van der Waals surface area contributed by atoms with Gasteiger partial charge >= 0.3 is 0 Å². The second kappa shape index (κ2) is 11.6. The van der Waals surface area contributed by atoms with Crippen LogP contribution in [0.3, 0.4) is 0 Å². The van der Waals surface area contributed by atoms with Crippen molar-refractivity contribution in [1.82, 2.24) is 0 Å². The fourth-order valence-corrected chi connectivity index (χ4v) is 5.77. The number of halogens is 4. The van der Waals surface area contributed by atoms with E-state index >= 15 is 17.6 Å². The Bertz CT molecular complexity index is 1680. The molecule has 0 saturated heterocycles. The Balaban J connectivity index is 2.19. The Morgan fingerprint density at radius 2 is 0.886 bits per heavy atom. The zero-order valence-electron chi connectivity index (χ0n) is 25.4. The molecule has 0 aliphatic heterocycles. The van der Waals surface area contributed by atoms with Gasteiger partial charge in [-0.25, -0.2) is 26.0 Å². The highest BCUT2D eigenvalue weighted by atomic mass is 32.2. The molecule has 5 nitrogen and oxygen atoms in total. The molecule has 0 N–H and O–H groups in total. The van der Waals surface area contributed by atoms with Crippen LogP contribution in [0.15, 0.2) is 77.7 Å². The van der Waals surface area contributed by atoms with Crippen molar-refractivity contribution in [2.45, 2.75) is 70.0 Å². The molecule has 0 saturated carbocycles. The van der Waals surface area contributed by atoms with Gasteiger partial charge in [0.1, 0.15) is 37.7 Å². The second-order valence-electron chi connectivity index (χ2n) is 12.5. The third-order valence-electron chi connectivity index (χ3n) is 6.76. The monoisotopic (exact) mass is 629 g/mol. The summed E-state index contributed by atoms with van der Waals surface area (Å²) >= 11 is 0. The summed E-state index contributed by atoms with van der Waals surface area (Å²) in [6.07, 6.45) is 0.